The maximum atomic E-state index is 10.9. The number of carbonyl (C=O) groups excluding carboxylic acids is 1. The fourth-order valence-electron chi connectivity index (χ4n) is 1.82. The Morgan fingerprint density at radius 3 is 3.23 bits per heavy atom. The summed E-state index contributed by atoms with van der Waals surface area (Å²) in [6.07, 6.45) is 2.81. The van der Waals surface area contributed by atoms with Gasteiger partial charge >= 0.3 is 0 Å². The van der Waals surface area contributed by atoms with Crippen LogP contribution in [0.4, 0.5) is 0 Å². The van der Waals surface area contributed by atoms with Crippen LogP contribution in [0.25, 0.3) is 0 Å². The molecule has 0 fully saturated rings. The summed E-state index contributed by atoms with van der Waals surface area (Å²) >= 11 is 0. The first-order valence-corrected chi connectivity index (χ1v) is 4.47. The van der Waals surface area contributed by atoms with Gasteiger partial charge in [-0.2, -0.15) is 0 Å². The summed E-state index contributed by atoms with van der Waals surface area (Å²) in [5.74, 6) is 1.01. The van der Waals surface area contributed by atoms with Crippen molar-refractivity contribution in [1.29, 1.82) is 0 Å². The third-order valence-electron chi connectivity index (χ3n) is 2.42. The largest absolute Gasteiger partial charge is 0.346 e. The van der Waals surface area contributed by atoms with E-state index >= 15 is 0 Å². The van der Waals surface area contributed by atoms with E-state index in [1.54, 1.807) is 6.92 Å². The highest BCUT2D eigenvalue weighted by molar-refractivity contribution is 5.73. The van der Waals surface area contributed by atoms with Crippen LogP contribution in [0.1, 0.15) is 30.9 Å². The van der Waals surface area contributed by atoms with Crippen LogP contribution in [-0.2, 0) is 11.3 Å². The van der Waals surface area contributed by atoms with Gasteiger partial charge in [0.2, 0.25) is 5.91 Å². The van der Waals surface area contributed by atoms with E-state index in [2.05, 4.69) is 14.9 Å². The Hall–Kier alpha value is -1.32. The molecule has 1 N–H and O–H groups in total. The monoisotopic (exact) mass is 179 g/mol. The van der Waals surface area contributed by atoms with Crippen molar-refractivity contribution in [2.24, 2.45) is 0 Å². The van der Waals surface area contributed by atoms with E-state index < -0.39 is 0 Å². The number of aryl methyl sites for hydroxylation is 1. The van der Waals surface area contributed by atoms with E-state index in [0.717, 1.165) is 18.8 Å². The summed E-state index contributed by atoms with van der Waals surface area (Å²) in [7, 11) is 0. The molecule has 13 heavy (non-hydrogen) atoms. The Morgan fingerprint density at radius 2 is 2.54 bits per heavy atom. The predicted molar refractivity (Wildman–Crippen MR) is 48.1 cm³/mol. The number of carbonyl (C=O) groups is 1. The van der Waals surface area contributed by atoms with Gasteiger partial charge in [0, 0.05) is 25.4 Å². The maximum Gasteiger partial charge on any atom is 0.217 e. The Kier molecular flexibility index (Phi) is 1.83. The molecule has 1 aromatic rings. The number of fused-ring (bicyclic) bond motifs is 1. The average Bonchev–Trinajstić information content (AvgIpc) is 2.56. The van der Waals surface area contributed by atoms with Crippen LogP contribution in [0.2, 0.25) is 0 Å². The zero-order valence-corrected chi connectivity index (χ0v) is 7.87. The number of rotatable bonds is 1. The minimum atomic E-state index is 0.0131. The molecular formula is C9H13N3O. The molecule has 1 aliphatic heterocycles. The van der Waals surface area contributed by atoms with Crippen LogP contribution in [0.3, 0.4) is 0 Å². The highest BCUT2D eigenvalue weighted by atomic mass is 16.1. The highest BCUT2D eigenvalue weighted by Crippen LogP contribution is 2.25. The van der Waals surface area contributed by atoms with Crippen LogP contribution in [0.15, 0.2) is 6.20 Å². The van der Waals surface area contributed by atoms with Crippen molar-refractivity contribution < 1.29 is 4.79 Å². The van der Waals surface area contributed by atoms with E-state index in [1.165, 1.54) is 5.69 Å². The van der Waals surface area contributed by atoms with E-state index in [4.69, 9.17) is 0 Å². The predicted octanol–water partition coefficient (Wildman–Crippen LogP) is 0.772. The van der Waals surface area contributed by atoms with Crippen molar-refractivity contribution in [3.8, 4) is 0 Å². The smallest absolute Gasteiger partial charge is 0.217 e. The first-order chi connectivity index (χ1) is 6.18. The molecule has 4 nitrogen and oxygen atoms in total. The number of aromatic nitrogens is 2. The lowest BCUT2D eigenvalue weighted by molar-refractivity contribution is -0.119. The minimum Gasteiger partial charge on any atom is -0.346 e. The van der Waals surface area contributed by atoms with Gasteiger partial charge in [-0.1, -0.05) is 0 Å². The molecule has 0 radical (unpaired) electrons. The van der Waals surface area contributed by atoms with Crippen LogP contribution >= 0.6 is 0 Å². The number of hydrogen-bond donors (Lipinski definition) is 1. The molecule has 0 bridgehead atoms. The fourth-order valence-corrected chi connectivity index (χ4v) is 1.82. The zero-order valence-electron chi connectivity index (χ0n) is 7.87. The molecular weight excluding hydrogens is 166 g/mol. The third-order valence-corrected chi connectivity index (χ3v) is 2.42. The third kappa shape index (κ3) is 1.32. The number of nitrogens with one attached hydrogen (secondary N) is 1. The van der Waals surface area contributed by atoms with E-state index in [9.17, 15) is 4.79 Å². The van der Waals surface area contributed by atoms with Gasteiger partial charge in [-0.3, -0.25) is 4.79 Å². The van der Waals surface area contributed by atoms with Gasteiger partial charge in [-0.15, -0.1) is 0 Å². The summed E-state index contributed by atoms with van der Waals surface area (Å²) in [5.41, 5.74) is 1.17. The topological polar surface area (TPSA) is 46.9 Å². The summed E-state index contributed by atoms with van der Waals surface area (Å²) in [4.78, 5) is 15.1. The number of hydrogen-bond acceptors (Lipinski definition) is 2. The Labute approximate surface area is 77.0 Å². The lowest BCUT2D eigenvalue weighted by Crippen LogP contribution is -2.24. The van der Waals surface area contributed by atoms with Crippen LogP contribution < -0.4 is 5.32 Å². The van der Waals surface area contributed by atoms with Crippen molar-refractivity contribution in [3.05, 3.63) is 17.7 Å². The molecule has 2 heterocycles. The number of nitrogens with zero attached hydrogens (tertiary/aromatic N) is 2. The Bertz CT molecular complexity index is 343. The molecule has 1 aromatic heterocycles. The van der Waals surface area contributed by atoms with Crippen molar-refractivity contribution >= 4 is 5.91 Å². The molecule has 0 saturated carbocycles. The van der Waals surface area contributed by atoms with Gasteiger partial charge in [0.05, 0.1) is 6.04 Å². The Morgan fingerprint density at radius 1 is 1.77 bits per heavy atom. The molecule has 2 rings (SSSR count). The van der Waals surface area contributed by atoms with Crippen molar-refractivity contribution in [3.63, 3.8) is 0 Å². The van der Waals surface area contributed by atoms with Gasteiger partial charge in [-0.05, 0) is 13.3 Å². The van der Waals surface area contributed by atoms with Crippen molar-refractivity contribution in [2.45, 2.75) is 32.9 Å². The van der Waals surface area contributed by atoms with E-state index in [-0.39, 0.29) is 11.9 Å². The maximum absolute atomic E-state index is 10.9. The fraction of sp³-hybridized carbons (Fsp3) is 0.556. The van der Waals surface area contributed by atoms with Gasteiger partial charge in [0.1, 0.15) is 5.82 Å². The van der Waals surface area contributed by atoms with Gasteiger partial charge < -0.3 is 9.88 Å². The van der Waals surface area contributed by atoms with Gasteiger partial charge in [-0.25, -0.2) is 4.98 Å². The number of imidazole rings is 1. The SMILES string of the molecule is CC(=O)NC1CCn2c(C)cnc21. The lowest BCUT2D eigenvalue weighted by atomic mass is 10.2. The summed E-state index contributed by atoms with van der Waals surface area (Å²) in [6, 6.07) is 0.117. The summed E-state index contributed by atoms with van der Waals surface area (Å²) in [5, 5.41) is 2.89. The quantitative estimate of drug-likeness (QED) is 0.692. The van der Waals surface area contributed by atoms with Gasteiger partial charge in [0.25, 0.3) is 0 Å². The molecule has 0 aromatic carbocycles. The van der Waals surface area contributed by atoms with Crippen molar-refractivity contribution in [2.75, 3.05) is 0 Å². The molecule has 1 atom stereocenters. The summed E-state index contributed by atoms with van der Waals surface area (Å²) < 4.78 is 2.15. The molecule has 70 valence electrons. The molecule has 1 amide bonds. The minimum absolute atomic E-state index is 0.0131. The van der Waals surface area contributed by atoms with E-state index in [1.807, 2.05) is 13.1 Å². The Balaban J connectivity index is 2.23. The normalized spacial score (nSPS) is 20.0. The standard InChI is InChI=1S/C9H13N3O/c1-6-5-10-9-8(11-7(2)13)3-4-12(6)9/h5,8H,3-4H2,1-2H3,(H,11,13). The van der Waals surface area contributed by atoms with Gasteiger partial charge in [0.15, 0.2) is 0 Å². The molecule has 0 spiro atoms. The van der Waals surface area contributed by atoms with E-state index in [0.29, 0.717) is 0 Å². The molecule has 1 aliphatic rings. The molecule has 4 heteroatoms. The van der Waals surface area contributed by atoms with Crippen LogP contribution in [0.5, 0.6) is 0 Å². The lowest BCUT2D eigenvalue weighted by Gasteiger charge is -2.07. The summed E-state index contributed by atoms with van der Waals surface area (Å²) in [6.45, 7) is 4.54. The number of amides is 1. The zero-order chi connectivity index (χ0) is 9.42. The molecule has 0 saturated heterocycles. The van der Waals surface area contributed by atoms with Crippen LogP contribution in [0, 0.1) is 6.92 Å². The molecule has 0 aliphatic carbocycles. The van der Waals surface area contributed by atoms with Crippen LogP contribution in [-0.4, -0.2) is 15.5 Å². The highest BCUT2D eigenvalue weighted by Gasteiger charge is 2.25. The second-order valence-corrected chi connectivity index (χ2v) is 3.45. The second kappa shape index (κ2) is 2.87. The average molecular weight is 179 g/mol. The second-order valence-electron chi connectivity index (χ2n) is 3.45. The first kappa shape index (κ1) is 8.29. The first-order valence-electron chi connectivity index (χ1n) is 4.47. The van der Waals surface area contributed by atoms with Crippen molar-refractivity contribution in [1.82, 2.24) is 14.9 Å². The molecule has 1 unspecified atom stereocenters.